The lowest BCUT2D eigenvalue weighted by Gasteiger charge is -2.12. The summed E-state index contributed by atoms with van der Waals surface area (Å²) in [4.78, 5) is 1.30. The molecule has 0 radical (unpaired) electrons. The van der Waals surface area contributed by atoms with Crippen LogP contribution < -0.4 is 5.73 Å². The Morgan fingerprint density at radius 3 is 3.00 bits per heavy atom. The minimum absolute atomic E-state index is 0.920. The molecule has 1 aromatic carbocycles. The lowest BCUT2D eigenvalue weighted by atomic mass is 10.1. The zero-order chi connectivity index (χ0) is 7.68. The van der Waals surface area contributed by atoms with Crippen LogP contribution in [-0.2, 0) is 6.42 Å². The molecular weight excluding hydrogens is 154 g/mol. The minimum Gasteiger partial charge on any atom is -0.394 e. The Morgan fingerprint density at radius 1 is 1.27 bits per heavy atom. The first-order valence-corrected chi connectivity index (χ1v) is 4.39. The van der Waals surface area contributed by atoms with Crippen LogP contribution in [-0.4, -0.2) is 0 Å². The molecule has 0 bridgehead atoms. The van der Waals surface area contributed by atoms with Crippen molar-refractivity contribution in [1.29, 1.82) is 0 Å². The molecule has 0 aliphatic carbocycles. The van der Waals surface area contributed by atoms with Crippen LogP contribution in [0.1, 0.15) is 5.56 Å². The second-order valence-corrected chi connectivity index (χ2v) is 3.64. The summed E-state index contributed by atoms with van der Waals surface area (Å²) in [5.74, 6) is 0. The van der Waals surface area contributed by atoms with Gasteiger partial charge in [-0.25, -0.2) is 0 Å². The summed E-state index contributed by atoms with van der Waals surface area (Å²) in [7, 11) is 0. The molecule has 0 spiro atoms. The average molecular weight is 163 g/mol. The molecule has 0 aromatic heterocycles. The topological polar surface area (TPSA) is 26.0 Å². The van der Waals surface area contributed by atoms with E-state index in [2.05, 4.69) is 24.3 Å². The van der Waals surface area contributed by atoms with Gasteiger partial charge in [0.1, 0.15) is 0 Å². The van der Waals surface area contributed by atoms with Gasteiger partial charge in [-0.2, -0.15) is 0 Å². The average Bonchev–Trinajstić information content (AvgIpc) is 2.04. The summed E-state index contributed by atoms with van der Waals surface area (Å²) in [6, 6.07) is 8.37. The molecule has 1 nitrogen and oxygen atoms in total. The van der Waals surface area contributed by atoms with Crippen molar-refractivity contribution in [2.75, 3.05) is 0 Å². The highest BCUT2D eigenvalue weighted by Crippen LogP contribution is 2.31. The van der Waals surface area contributed by atoms with E-state index in [-0.39, 0.29) is 0 Å². The van der Waals surface area contributed by atoms with E-state index in [9.17, 15) is 0 Å². The van der Waals surface area contributed by atoms with Crippen LogP contribution in [0.25, 0.3) is 0 Å². The molecule has 11 heavy (non-hydrogen) atoms. The van der Waals surface area contributed by atoms with Crippen LogP contribution in [0, 0.1) is 0 Å². The summed E-state index contributed by atoms with van der Waals surface area (Å²) in [5, 5.41) is 0.920. The van der Waals surface area contributed by atoms with E-state index in [1.165, 1.54) is 10.5 Å². The van der Waals surface area contributed by atoms with Crippen molar-refractivity contribution in [3.05, 3.63) is 40.9 Å². The molecular formula is C9H9NS. The Hall–Kier alpha value is -0.890. The second-order valence-electron chi connectivity index (χ2n) is 2.52. The first kappa shape index (κ1) is 6.80. The molecule has 2 rings (SSSR count). The molecule has 1 aromatic rings. The Labute approximate surface area is 70.3 Å². The van der Waals surface area contributed by atoms with E-state index in [1.54, 1.807) is 11.8 Å². The van der Waals surface area contributed by atoms with Gasteiger partial charge in [-0.3, -0.25) is 0 Å². The third-order valence-electron chi connectivity index (χ3n) is 1.72. The number of hydrogen-bond acceptors (Lipinski definition) is 2. The van der Waals surface area contributed by atoms with Crippen LogP contribution in [0.3, 0.4) is 0 Å². The number of rotatable bonds is 0. The van der Waals surface area contributed by atoms with Crippen molar-refractivity contribution < 1.29 is 0 Å². The molecule has 1 heterocycles. The Morgan fingerprint density at radius 2 is 2.09 bits per heavy atom. The number of allylic oxidation sites excluding steroid dienone is 1. The third kappa shape index (κ3) is 1.26. The SMILES string of the molecule is NC1=CCc2ccccc2S1. The van der Waals surface area contributed by atoms with Gasteiger partial charge in [0.15, 0.2) is 0 Å². The van der Waals surface area contributed by atoms with Gasteiger partial charge in [0, 0.05) is 4.90 Å². The molecule has 56 valence electrons. The second kappa shape index (κ2) is 2.62. The molecule has 0 saturated heterocycles. The fourth-order valence-electron chi connectivity index (χ4n) is 1.15. The fraction of sp³-hybridized carbons (Fsp3) is 0.111. The minimum atomic E-state index is 0.920. The monoisotopic (exact) mass is 163 g/mol. The predicted molar refractivity (Wildman–Crippen MR) is 48.3 cm³/mol. The van der Waals surface area contributed by atoms with Crippen molar-refractivity contribution in [2.24, 2.45) is 5.73 Å². The summed E-state index contributed by atoms with van der Waals surface area (Å²) in [6.45, 7) is 0. The molecule has 1 aliphatic rings. The first-order chi connectivity index (χ1) is 5.36. The van der Waals surface area contributed by atoms with Crippen molar-refractivity contribution >= 4 is 11.8 Å². The Kier molecular flexibility index (Phi) is 1.62. The van der Waals surface area contributed by atoms with Crippen molar-refractivity contribution in [1.82, 2.24) is 0 Å². The van der Waals surface area contributed by atoms with Gasteiger partial charge in [0.25, 0.3) is 0 Å². The molecule has 0 atom stereocenters. The molecule has 1 aliphatic heterocycles. The molecule has 2 heteroatoms. The van der Waals surface area contributed by atoms with Crippen LogP contribution >= 0.6 is 11.8 Å². The largest absolute Gasteiger partial charge is 0.394 e. The predicted octanol–water partition coefficient (Wildman–Crippen LogP) is 2.13. The van der Waals surface area contributed by atoms with Crippen LogP contribution in [0.2, 0.25) is 0 Å². The zero-order valence-electron chi connectivity index (χ0n) is 6.08. The van der Waals surface area contributed by atoms with Crippen molar-refractivity contribution in [2.45, 2.75) is 11.3 Å². The van der Waals surface area contributed by atoms with Gasteiger partial charge in [0.2, 0.25) is 0 Å². The number of nitrogens with two attached hydrogens (primary N) is 1. The zero-order valence-corrected chi connectivity index (χ0v) is 6.90. The maximum atomic E-state index is 5.67. The highest BCUT2D eigenvalue weighted by Gasteiger charge is 2.07. The molecule has 0 amide bonds. The number of fused-ring (bicyclic) bond motifs is 1. The third-order valence-corrected chi connectivity index (χ3v) is 2.74. The quantitative estimate of drug-likeness (QED) is 0.634. The maximum Gasteiger partial charge on any atom is 0.0666 e. The normalized spacial score (nSPS) is 15.5. The van der Waals surface area contributed by atoms with E-state index in [1.807, 2.05) is 6.07 Å². The smallest absolute Gasteiger partial charge is 0.0666 e. The highest BCUT2D eigenvalue weighted by atomic mass is 32.2. The van der Waals surface area contributed by atoms with Gasteiger partial charge in [-0.05, 0) is 18.1 Å². The maximum absolute atomic E-state index is 5.67. The van der Waals surface area contributed by atoms with Gasteiger partial charge < -0.3 is 5.73 Å². The summed E-state index contributed by atoms with van der Waals surface area (Å²) in [5.41, 5.74) is 7.05. The van der Waals surface area contributed by atoms with Gasteiger partial charge >= 0.3 is 0 Å². The van der Waals surface area contributed by atoms with Gasteiger partial charge in [0.05, 0.1) is 5.03 Å². The number of benzene rings is 1. The summed E-state index contributed by atoms with van der Waals surface area (Å²) >= 11 is 1.65. The lowest BCUT2D eigenvalue weighted by Crippen LogP contribution is -1.99. The van der Waals surface area contributed by atoms with Gasteiger partial charge in [-0.1, -0.05) is 36.0 Å². The lowest BCUT2D eigenvalue weighted by molar-refractivity contribution is 1.15. The summed E-state index contributed by atoms with van der Waals surface area (Å²) in [6.07, 6.45) is 3.04. The van der Waals surface area contributed by atoms with Crippen LogP contribution in [0.5, 0.6) is 0 Å². The van der Waals surface area contributed by atoms with Gasteiger partial charge in [-0.15, -0.1) is 0 Å². The standard InChI is InChI=1S/C9H9NS/c10-9-6-5-7-3-1-2-4-8(7)11-9/h1-4,6H,5,10H2. The van der Waals surface area contributed by atoms with Crippen LogP contribution in [0.15, 0.2) is 40.3 Å². The van der Waals surface area contributed by atoms with Crippen LogP contribution in [0.4, 0.5) is 0 Å². The molecule has 0 saturated carbocycles. The fourth-order valence-corrected chi connectivity index (χ4v) is 2.00. The van der Waals surface area contributed by atoms with E-state index in [0.29, 0.717) is 0 Å². The first-order valence-electron chi connectivity index (χ1n) is 3.57. The van der Waals surface area contributed by atoms with E-state index in [0.717, 1.165) is 11.4 Å². The van der Waals surface area contributed by atoms with E-state index in [4.69, 9.17) is 5.73 Å². The van der Waals surface area contributed by atoms with E-state index < -0.39 is 0 Å². The summed E-state index contributed by atoms with van der Waals surface area (Å²) < 4.78 is 0. The Balaban J connectivity index is 2.42. The molecule has 0 unspecified atom stereocenters. The van der Waals surface area contributed by atoms with E-state index >= 15 is 0 Å². The molecule has 0 fully saturated rings. The van der Waals surface area contributed by atoms with Crippen molar-refractivity contribution in [3.8, 4) is 0 Å². The van der Waals surface area contributed by atoms with Crippen molar-refractivity contribution in [3.63, 3.8) is 0 Å². The highest BCUT2D eigenvalue weighted by molar-refractivity contribution is 8.03. The number of thioether (sulfide) groups is 1. The molecule has 2 N–H and O–H groups in total. The Bertz CT molecular complexity index is 304. The number of hydrogen-bond donors (Lipinski definition) is 1.